The van der Waals surface area contributed by atoms with Crippen molar-refractivity contribution in [2.45, 2.75) is 6.92 Å². The van der Waals surface area contributed by atoms with Crippen molar-refractivity contribution < 1.29 is 4.74 Å². The molecule has 0 fully saturated rings. The second kappa shape index (κ2) is 7.98. The summed E-state index contributed by atoms with van der Waals surface area (Å²) < 4.78 is 6.04. The summed E-state index contributed by atoms with van der Waals surface area (Å²) in [6, 6.07) is 28.5. The Morgan fingerprint density at radius 2 is 1.33 bits per heavy atom. The van der Waals surface area contributed by atoms with Crippen LogP contribution < -0.4 is 4.74 Å². The smallest absolute Gasteiger partial charge is 0.128 e. The normalized spacial score (nSPS) is 11.6. The summed E-state index contributed by atoms with van der Waals surface area (Å²) in [4.78, 5) is 0. The van der Waals surface area contributed by atoms with Crippen LogP contribution in [-0.4, -0.2) is 0 Å². The standard InChI is InChI=1S/C23H20O/c1-19-12-14-21(15-13-19)18-23(24-22-10-6-3-7-11-22)17-16-20-8-4-2-5-9-20/h2-18H,1H3/b17-16+,23-18-. The van der Waals surface area contributed by atoms with Gasteiger partial charge in [-0.3, -0.25) is 0 Å². The highest BCUT2D eigenvalue weighted by atomic mass is 16.5. The van der Waals surface area contributed by atoms with Crippen molar-refractivity contribution in [2.75, 3.05) is 0 Å². The first kappa shape index (κ1) is 15.8. The molecule has 0 N–H and O–H groups in total. The largest absolute Gasteiger partial charge is 0.457 e. The van der Waals surface area contributed by atoms with E-state index >= 15 is 0 Å². The summed E-state index contributed by atoms with van der Waals surface area (Å²) in [7, 11) is 0. The third-order valence-electron chi connectivity index (χ3n) is 3.60. The lowest BCUT2D eigenvalue weighted by Crippen LogP contribution is -1.92. The van der Waals surface area contributed by atoms with E-state index in [1.54, 1.807) is 0 Å². The SMILES string of the molecule is Cc1ccc(/C=C(/C=C/c2ccccc2)Oc2ccccc2)cc1. The molecular weight excluding hydrogens is 292 g/mol. The Morgan fingerprint density at radius 1 is 0.708 bits per heavy atom. The first-order valence-electron chi connectivity index (χ1n) is 8.04. The van der Waals surface area contributed by atoms with Crippen molar-refractivity contribution in [3.05, 3.63) is 113 Å². The van der Waals surface area contributed by atoms with Gasteiger partial charge in [0.15, 0.2) is 0 Å². The van der Waals surface area contributed by atoms with Crippen molar-refractivity contribution >= 4 is 12.2 Å². The van der Waals surface area contributed by atoms with Gasteiger partial charge in [-0.2, -0.15) is 0 Å². The number of benzene rings is 3. The van der Waals surface area contributed by atoms with Crippen LogP contribution in [0.5, 0.6) is 5.75 Å². The molecule has 0 bridgehead atoms. The van der Waals surface area contributed by atoms with Gasteiger partial charge in [-0.05, 0) is 42.3 Å². The average Bonchev–Trinajstić information content (AvgIpc) is 2.63. The lowest BCUT2D eigenvalue weighted by Gasteiger charge is -2.07. The van der Waals surface area contributed by atoms with Gasteiger partial charge >= 0.3 is 0 Å². The fourth-order valence-corrected chi connectivity index (χ4v) is 2.31. The molecule has 0 aliphatic heterocycles. The molecule has 0 amide bonds. The van der Waals surface area contributed by atoms with Crippen LogP contribution in [0.2, 0.25) is 0 Å². The third kappa shape index (κ3) is 4.72. The summed E-state index contributed by atoms with van der Waals surface area (Å²) in [5.41, 5.74) is 3.51. The summed E-state index contributed by atoms with van der Waals surface area (Å²) >= 11 is 0. The van der Waals surface area contributed by atoms with Crippen molar-refractivity contribution in [1.82, 2.24) is 0 Å². The molecule has 118 valence electrons. The van der Waals surface area contributed by atoms with Gasteiger partial charge in [0.25, 0.3) is 0 Å². The highest BCUT2D eigenvalue weighted by Crippen LogP contribution is 2.17. The van der Waals surface area contributed by atoms with Gasteiger partial charge in [-0.1, -0.05) is 84.4 Å². The zero-order valence-electron chi connectivity index (χ0n) is 13.7. The molecule has 0 saturated heterocycles. The Balaban J connectivity index is 1.88. The van der Waals surface area contributed by atoms with E-state index < -0.39 is 0 Å². The van der Waals surface area contributed by atoms with E-state index in [0.717, 1.165) is 22.6 Å². The molecule has 1 nitrogen and oxygen atoms in total. The van der Waals surface area contributed by atoms with Gasteiger partial charge in [0.2, 0.25) is 0 Å². The van der Waals surface area contributed by atoms with Crippen molar-refractivity contribution in [2.24, 2.45) is 0 Å². The van der Waals surface area contributed by atoms with Crippen molar-refractivity contribution in [1.29, 1.82) is 0 Å². The Hall–Kier alpha value is -3.06. The highest BCUT2D eigenvalue weighted by molar-refractivity contribution is 5.60. The van der Waals surface area contributed by atoms with Crippen LogP contribution in [0.25, 0.3) is 12.2 Å². The van der Waals surface area contributed by atoms with Crippen LogP contribution in [0.1, 0.15) is 16.7 Å². The molecule has 0 aliphatic carbocycles. The number of para-hydroxylation sites is 1. The summed E-state index contributed by atoms with van der Waals surface area (Å²) in [6.07, 6.45) is 6.11. The molecule has 0 saturated carbocycles. The molecular formula is C23H20O. The van der Waals surface area contributed by atoms with Crippen molar-refractivity contribution in [3.8, 4) is 5.75 Å². The van der Waals surface area contributed by atoms with Crippen LogP contribution in [0.3, 0.4) is 0 Å². The first-order chi connectivity index (χ1) is 11.8. The molecule has 3 rings (SSSR count). The molecule has 3 aromatic carbocycles. The minimum absolute atomic E-state index is 0.800. The summed E-state index contributed by atoms with van der Waals surface area (Å²) in [5, 5.41) is 0. The molecule has 1 heteroatoms. The van der Waals surface area contributed by atoms with Gasteiger partial charge in [0.05, 0.1) is 0 Å². The Morgan fingerprint density at radius 3 is 2.00 bits per heavy atom. The van der Waals surface area contributed by atoms with Crippen LogP contribution in [0.4, 0.5) is 0 Å². The van der Waals surface area contributed by atoms with Gasteiger partial charge in [-0.25, -0.2) is 0 Å². The maximum Gasteiger partial charge on any atom is 0.128 e. The van der Waals surface area contributed by atoms with Gasteiger partial charge in [0, 0.05) is 0 Å². The number of hydrogen-bond acceptors (Lipinski definition) is 1. The fourth-order valence-electron chi connectivity index (χ4n) is 2.31. The van der Waals surface area contributed by atoms with Crippen LogP contribution in [0.15, 0.2) is 96.8 Å². The third-order valence-corrected chi connectivity index (χ3v) is 3.60. The van der Waals surface area contributed by atoms with Crippen molar-refractivity contribution in [3.63, 3.8) is 0 Å². The van der Waals surface area contributed by atoms with E-state index in [-0.39, 0.29) is 0 Å². The Labute approximate surface area is 143 Å². The van der Waals surface area contributed by atoms with Crippen LogP contribution in [-0.2, 0) is 0 Å². The van der Waals surface area contributed by atoms with E-state index in [1.165, 1.54) is 5.56 Å². The predicted molar refractivity (Wildman–Crippen MR) is 102 cm³/mol. The van der Waals surface area contributed by atoms with Crippen LogP contribution in [0, 0.1) is 6.92 Å². The molecule has 0 heterocycles. The van der Waals surface area contributed by atoms with Gasteiger partial charge < -0.3 is 4.74 Å². The molecule has 0 spiro atoms. The first-order valence-corrected chi connectivity index (χ1v) is 8.04. The lowest BCUT2D eigenvalue weighted by atomic mass is 10.1. The second-order valence-corrected chi connectivity index (χ2v) is 5.62. The monoisotopic (exact) mass is 312 g/mol. The molecule has 3 aromatic rings. The van der Waals surface area contributed by atoms with E-state index in [0.29, 0.717) is 0 Å². The average molecular weight is 312 g/mol. The zero-order valence-corrected chi connectivity index (χ0v) is 13.7. The quantitative estimate of drug-likeness (QED) is 0.407. The van der Waals surface area contributed by atoms with Gasteiger partial charge in [-0.15, -0.1) is 0 Å². The minimum atomic E-state index is 0.800. The number of aryl methyl sites for hydroxylation is 1. The number of rotatable bonds is 5. The number of ether oxygens (including phenoxy) is 1. The molecule has 24 heavy (non-hydrogen) atoms. The topological polar surface area (TPSA) is 9.23 Å². The van der Waals surface area contributed by atoms with E-state index in [2.05, 4.69) is 49.4 Å². The lowest BCUT2D eigenvalue weighted by molar-refractivity contribution is 0.449. The van der Waals surface area contributed by atoms with Crippen LogP contribution >= 0.6 is 0 Å². The molecule has 0 atom stereocenters. The van der Waals surface area contributed by atoms with E-state index in [1.807, 2.05) is 60.7 Å². The summed E-state index contributed by atoms with van der Waals surface area (Å²) in [5.74, 6) is 1.63. The highest BCUT2D eigenvalue weighted by Gasteiger charge is 1.99. The van der Waals surface area contributed by atoms with E-state index in [4.69, 9.17) is 4.74 Å². The number of allylic oxidation sites excluding steroid dienone is 1. The summed E-state index contributed by atoms with van der Waals surface area (Å²) in [6.45, 7) is 2.09. The molecule has 0 aliphatic rings. The minimum Gasteiger partial charge on any atom is -0.457 e. The molecule has 0 radical (unpaired) electrons. The fraction of sp³-hybridized carbons (Fsp3) is 0.0435. The predicted octanol–water partition coefficient (Wildman–Crippen LogP) is 6.13. The number of hydrogen-bond donors (Lipinski definition) is 0. The van der Waals surface area contributed by atoms with Gasteiger partial charge in [0.1, 0.15) is 11.5 Å². The zero-order chi connectivity index (χ0) is 16.6. The molecule has 0 unspecified atom stereocenters. The Kier molecular flexibility index (Phi) is 5.26. The Bertz CT molecular complexity index is 813. The maximum absolute atomic E-state index is 6.04. The second-order valence-electron chi connectivity index (χ2n) is 5.62. The van der Waals surface area contributed by atoms with E-state index in [9.17, 15) is 0 Å². The molecule has 0 aromatic heterocycles. The maximum atomic E-state index is 6.04.